The molecule has 0 saturated carbocycles. The van der Waals surface area contributed by atoms with Gasteiger partial charge in [-0.2, -0.15) is 0 Å². The Labute approximate surface area is 109 Å². The fourth-order valence-electron chi connectivity index (χ4n) is 1.81. The lowest BCUT2D eigenvalue weighted by molar-refractivity contribution is 0.622. The van der Waals surface area contributed by atoms with Gasteiger partial charge in [0.1, 0.15) is 5.82 Å². The molecule has 2 aromatic carbocycles. The van der Waals surface area contributed by atoms with Crippen LogP contribution in [-0.2, 0) is 0 Å². The molecule has 0 radical (unpaired) electrons. The highest BCUT2D eigenvalue weighted by Gasteiger charge is 2.10. The first kappa shape index (κ1) is 12.3. The maximum atomic E-state index is 13.3. The lowest BCUT2D eigenvalue weighted by Crippen LogP contribution is -2.12. The van der Waals surface area contributed by atoms with E-state index in [2.05, 4.69) is 15.9 Å². The molecule has 2 rings (SSSR count). The molecule has 0 saturated heterocycles. The maximum absolute atomic E-state index is 13.3. The van der Waals surface area contributed by atoms with Crippen molar-refractivity contribution in [2.75, 3.05) is 0 Å². The van der Waals surface area contributed by atoms with Gasteiger partial charge in [-0.05, 0) is 47.9 Å². The van der Waals surface area contributed by atoms with Gasteiger partial charge in [-0.1, -0.05) is 34.1 Å². The van der Waals surface area contributed by atoms with E-state index in [0.29, 0.717) is 0 Å². The monoisotopic (exact) mass is 293 g/mol. The van der Waals surface area contributed by atoms with Crippen LogP contribution in [0.2, 0.25) is 0 Å². The molecule has 0 heterocycles. The molecule has 0 spiro atoms. The van der Waals surface area contributed by atoms with Crippen LogP contribution in [0, 0.1) is 12.7 Å². The predicted octanol–water partition coefficient (Wildman–Crippen LogP) is 3.94. The first-order valence-corrected chi connectivity index (χ1v) is 6.14. The third-order valence-electron chi connectivity index (χ3n) is 2.65. The van der Waals surface area contributed by atoms with Gasteiger partial charge in [0, 0.05) is 4.47 Å². The van der Waals surface area contributed by atoms with E-state index in [-0.39, 0.29) is 11.9 Å². The molecule has 1 atom stereocenters. The first-order chi connectivity index (χ1) is 8.06. The highest BCUT2D eigenvalue weighted by atomic mass is 79.9. The number of aryl methyl sites for hydroxylation is 1. The smallest absolute Gasteiger partial charge is 0.123 e. The molecule has 0 amide bonds. The summed E-state index contributed by atoms with van der Waals surface area (Å²) in [5.74, 6) is -0.243. The molecule has 0 aliphatic heterocycles. The summed E-state index contributed by atoms with van der Waals surface area (Å²) in [4.78, 5) is 0. The van der Waals surface area contributed by atoms with E-state index >= 15 is 0 Å². The van der Waals surface area contributed by atoms with E-state index in [1.165, 1.54) is 12.1 Å². The van der Waals surface area contributed by atoms with E-state index < -0.39 is 0 Å². The second-order valence-corrected chi connectivity index (χ2v) is 5.01. The molecule has 1 nitrogen and oxygen atoms in total. The number of halogens is 2. The van der Waals surface area contributed by atoms with Crippen LogP contribution in [0.25, 0.3) is 0 Å². The lowest BCUT2D eigenvalue weighted by Gasteiger charge is -2.13. The average molecular weight is 294 g/mol. The highest BCUT2D eigenvalue weighted by Crippen LogP contribution is 2.23. The zero-order valence-corrected chi connectivity index (χ0v) is 11.0. The van der Waals surface area contributed by atoms with Gasteiger partial charge in [0.2, 0.25) is 0 Å². The van der Waals surface area contributed by atoms with Gasteiger partial charge in [0.15, 0.2) is 0 Å². The second kappa shape index (κ2) is 4.98. The van der Waals surface area contributed by atoms with Gasteiger partial charge >= 0.3 is 0 Å². The summed E-state index contributed by atoms with van der Waals surface area (Å²) in [5, 5.41) is 0. The average Bonchev–Trinajstić information content (AvgIpc) is 2.28. The normalized spacial score (nSPS) is 12.5. The summed E-state index contributed by atoms with van der Waals surface area (Å²) in [6.07, 6.45) is 0. The SMILES string of the molecule is Cc1cc(F)cc(C(N)c2ccc(Br)cc2)c1. The predicted molar refractivity (Wildman–Crippen MR) is 71.3 cm³/mol. The number of hydrogen-bond donors (Lipinski definition) is 1. The molecular weight excluding hydrogens is 281 g/mol. The summed E-state index contributed by atoms with van der Waals surface area (Å²) < 4.78 is 14.3. The Kier molecular flexibility index (Phi) is 3.60. The zero-order chi connectivity index (χ0) is 12.4. The Hall–Kier alpha value is -1.19. The van der Waals surface area contributed by atoms with E-state index in [0.717, 1.165) is 21.2 Å². The number of hydrogen-bond acceptors (Lipinski definition) is 1. The van der Waals surface area contributed by atoms with Crippen LogP contribution in [0.1, 0.15) is 22.7 Å². The number of benzene rings is 2. The van der Waals surface area contributed by atoms with Crippen molar-refractivity contribution in [3.8, 4) is 0 Å². The van der Waals surface area contributed by atoms with Gasteiger partial charge in [-0.25, -0.2) is 4.39 Å². The Morgan fingerprint density at radius 3 is 2.29 bits per heavy atom. The van der Waals surface area contributed by atoms with Crippen molar-refractivity contribution in [3.63, 3.8) is 0 Å². The van der Waals surface area contributed by atoms with Crippen molar-refractivity contribution in [1.29, 1.82) is 0 Å². The molecule has 88 valence electrons. The zero-order valence-electron chi connectivity index (χ0n) is 9.45. The standard InChI is InChI=1S/C14H13BrFN/c1-9-6-11(8-13(16)7-9)14(17)10-2-4-12(15)5-3-10/h2-8,14H,17H2,1H3. The molecule has 1 unspecified atom stereocenters. The molecule has 17 heavy (non-hydrogen) atoms. The molecule has 0 bridgehead atoms. The van der Waals surface area contributed by atoms with Crippen molar-refractivity contribution in [3.05, 3.63) is 69.4 Å². The minimum atomic E-state index is -0.294. The molecular formula is C14H13BrFN. The van der Waals surface area contributed by atoms with Crippen LogP contribution in [0.3, 0.4) is 0 Å². The van der Waals surface area contributed by atoms with E-state index in [9.17, 15) is 4.39 Å². The van der Waals surface area contributed by atoms with Crippen LogP contribution in [0.4, 0.5) is 4.39 Å². The Morgan fingerprint density at radius 2 is 1.71 bits per heavy atom. The molecule has 2 N–H and O–H groups in total. The van der Waals surface area contributed by atoms with Gasteiger partial charge in [-0.15, -0.1) is 0 Å². The minimum Gasteiger partial charge on any atom is -0.320 e. The summed E-state index contributed by atoms with van der Waals surface area (Å²) in [5.41, 5.74) is 8.77. The van der Waals surface area contributed by atoms with Gasteiger partial charge in [-0.3, -0.25) is 0 Å². The summed E-state index contributed by atoms with van der Waals surface area (Å²) >= 11 is 3.37. The van der Waals surface area contributed by atoms with Crippen molar-refractivity contribution in [2.45, 2.75) is 13.0 Å². The van der Waals surface area contributed by atoms with E-state index in [4.69, 9.17) is 5.73 Å². The van der Waals surface area contributed by atoms with Crippen molar-refractivity contribution < 1.29 is 4.39 Å². The van der Waals surface area contributed by atoms with E-state index in [1.807, 2.05) is 37.3 Å². The van der Waals surface area contributed by atoms with Crippen molar-refractivity contribution >= 4 is 15.9 Å². The third-order valence-corrected chi connectivity index (χ3v) is 3.18. The third kappa shape index (κ3) is 2.93. The number of rotatable bonds is 2. The summed E-state index contributed by atoms with van der Waals surface area (Å²) in [6.45, 7) is 1.86. The van der Waals surface area contributed by atoms with Gasteiger partial charge < -0.3 is 5.73 Å². The molecule has 0 aliphatic rings. The maximum Gasteiger partial charge on any atom is 0.123 e. The van der Waals surface area contributed by atoms with Crippen molar-refractivity contribution in [1.82, 2.24) is 0 Å². The summed E-state index contributed by atoms with van der Waals surface area (Å²) in [7, 11) is 0. The van der Waals surface area contributed by atoms with Crippen LogP contribution < -0.4 is 5.73 Å². The topological polar surface area (TPSA) is 26.0 Å². The highest BCUT2D eigenvalue weighted by molar-refractivity contribution is 9.10. The largest absolute Gasteiger partial charge is 0.320 e. The summed E-state index contributed by atoms with van der Waals surface area (Å²) in [6, 6.07) is 12.3. The molecule has 3 heteroatoms. The fourth-order valence-corrected chi connectivity index (χ4v) is 2.07. The van der Waals surface area contributed by atoms with Crippen LogP contribution >= 0.6 is 15.9 Å². The van der Waals surface area contributed by atoms with Crippen LogP contribution in [0.5, 0.6) is 0 Å². The molecule has 0 fully saturated rings. The molecule has 2 aromatic rings. The Morgan fingerprint density at radius 1 is 1.06 bits per heavy atom. The minimum absolute atomic E-state index is 0.243. The second-order valence-electron chi connectivity index (χ2n) is 4.09. The Balaban J connectivity index is 2.36. The van der Waals surface area contributed by atoms with E-state index in [1.54, 1.807) is 0 Å². The molecule has 0 aliphatic carbocycles. The van der Waals surface area contributed by atoms with Gasteiger partial charge in [0.05, 0.1) is 6.04 Å². The van der Waals surface area contributed by atoms with Crippen LogP contribution in [0.15, 0.2) is 46.9 Å². The van der Waals surface area contributed by atoms with Crippen LogP contribution in [-0.4, -0.2) is 0 Å². The number of nitrogens with two attached hydrogens (primary N) is 1. The van der Waals surface area contributed by atoms with Gasteiger partial charge in [0.25, 0.3) is 0 Å². The fraction of sp³-hybridized carbons (Fsp3) is 0.143. The Bertz CT molecular complexity index is 502. The van der Waals surface area contributed by atoms with Crippen molar-refractivity contribution in [2.24, 2.45) is 5.73 Å². The quantitative estimate of drug-likeness (QED) is 0.892. The first-order valence-electron chi connectivity index (χ1n) is 5.34. The molecule has 0 aromatic heterocycles. The lowest BCUT2D eigenvalue weighted by atomic mass is 9.98.